The van der Waals surface area contributed by atoms with Gasteiger partial charge in [-0.2, -0.15) is 13.2 Å². The van der Waals surface area contributed by atoms with Gasteiger partial charge in [0.05, 0.1) is 11.1 Å². The molecular weight excluding hydrogens is 263 g/mol. The van der Waals surface area contributed by atoms with Crippen LogP contribution in [0.25, 0.3) is 0 Å². The summed E-state index contributed by atoms with van der Waals surface area (Å²) in [6.07, 6.45) is -3.09. The van der Waals surface area contributed by atoms with Crippen molar-refractivity contribution in [2.45, 2.75) is 12.6 Å². The molecule has 18 heavy (non-hydrogen) atoms. The minimum Gasteiger partial charge on any atom is -0.294 e. The molecule has 0 aliphatic carbocycles. The summed E-state index contributed by atoms with van der Waals surface area (Å²) in [5.74, 6) is -0.549. The van der Waals surface area contributed by atoms with Crippen LogP contribution < -0.4 is 0 Å². The van der Waals surface area contributed by atoms with Crippen molar-refractivity contribution in [1.82, 2.24) is 4.98 Å². The van der Waals surface area contributed by atoms with Gasteiger partial charge in [0, 0.05) is 23.1 Å². The van der Waals surface area contributed by atoms with Gasteiger partial charge < -0.3 is 0 Å². The van der Waals surface area contributed by atoms with Crippen LogP contribution in [0, 0.1) is 0 Å². The number of aromatic nitrogens is 1. The number of carbonyl (C=O) groups excluding carboxylic acids is 1. The van der Waals surface area contributed by atoms with E-state index in [4.69, 9.17) is 0 Å². The lowest BCUT2D eigenvalue weighted by molar-refractivity contribution is -0.137. The van der Waals surface area contributed by atoms with E-state index < -0.39 is 17.5 Å². The lowest BCUT2D eigenvalue weighted by Crippen LogP contribution is -2.14. The molecule has 0 aliphatic rings. The molecule has 6 heteroatoms. The molecule has 2 nitrogen and oxygen atoms in total. The van der Waals surface area contributed by atoms with E-state index in [9.17, 15) is 18.0 Å². The van der Waals surface area contributed by atoms with E-state index in [-0.39, 0.29) is 12.0 Å². The van der Waals surface area contributed by atoms with Gasteiger partial charge in [-0.05, 0) is 6.07 Å². The second kappa shape index (κ2) is 4.89. The Balaban J connectivity index is 2.31. The van der Waals surface area contributed by atoms with Crippen molar-refractivity contribution in [3.63, 3.8) is 0 Å². The largest absolute Gasteiger partial charge is 0.417 e. The third-order valence-electron chi connectivity index (χ3n) is 2.35. The Morgan fingerprint density at radius 3 is 2.61 bits per heavy atom. The van der Waals surface area contributed by atoms with Crippen LogP contribution in [0.4, 0.5) is 13.2 Å². The number of thiazole rings is 1. The van der Waals surface area contributed by atoms with Crippen molar-refractivity contribution >= 4 is 17.1 Å². The molecule has 0 N–H and O–H groups in total. The number of halogens is 3. The Kier molecular flexibility index (Phi) is 3.47. The summed E-state index contributed by atoms with van der Waals surface area (Å²) in [5.41, 5.74) is 0.357. The van der Waals surface area contributed by atoms with Crippen LogP contribution in [0.3, 0.4) is 0 Å². The number of Topliss-reactive ketones (excluding diaryl/α,β-unsaturated/α-hetero) is 1. The molecule has 0 bridgehead atoms. The van der Waals surface area contributed by atoms with Crippen molar-refractivity contribution in [3.05, 3.63) is 52.0 Å². The van der Waals surface area contributed by atoms with Gasteiger partial charge in [0.15, 0.2) is 5.78 Å². The molecule has 94 valence electrons. The van der Waals surface area contributed by atoms with Gasteiger partial charge in [0.25, 0.3) is 0 Å². The first-order valence-corrected chi connectivity index (χ1v) is 5.93. The molecule has 0 amide bonds. The number of hydrogen-bond acceptors (Lipinski definition) is 3. The van der Waals surface area contributed by atoms with Crippen LogP contribution in [-0.4, -0.2) is 10.8 Å². The molecule has 0 spiro atoms. The van der Waals surface area contributed by atoms with Crippen LogP contribution in [0.15, 0.2) is 36.0 Å². The normalized spacial score (nSPS) is 11.5. The standard InChI is InChI=1S/C12H8F3NOS/c13-12(14,15)10-4-2-1-3-9(10)11(17)5-8-6-16-7-18-8/h1-4,6-7H,5H2. The summed E-state index contributed by atoms with van der Waals surface area (Å²) in [7, 11) is 0. The van der Waals surface area contributed by atoms with Crippen LogP contribution >= 0.6 is 11.3 Å². The number of rotatable bonds is 3. The SMILES string of the molecule is O=C(Cc1cncs1)c1ccccc1C(F)(F)F. The van der Waals surface area contributed by atoms with Gasteiger partial charge in [-0.3, -0.25) is 9.78 Å². The summed E-state index contributed by atoms with van der Waals surface area (Å²) in [5, 5.41) is 0. The minimum absolute atomic E-state index is 0.0578. The zero-order valence-corrected chi connectivity index (χ0v) is 9.89. The van der Waals surface area contributed by atoms with Gasteiger partial charge in [0.2, 0.25) is 0 Å². The van der Waals surface area contributed by atoms with Crippen LogP contribution in [-0.2, 0) is 12.6 Å². The maximum atomic E-state index is 12.7. The average Bonchev–Trinajstić information content (AvgIpc) is 2.80. The van der Waals surface area contributed by atoms with Crippen molar-refractivity contribution in [2.75, 3.05) is 0 Å². The first kappa shape index (κ1) is 12.8. The van der Waals surface area contributed by atoms with Crippen molar-refractivity contribution in [2.24, 2.45) is 0 Å². The second-order valence-corrected chi connectivity index (χ2v) is 4.58. The van der Waals surface area contributed by atoms with Crippen molar-refractivity contribution in [1.29, 1.82) is 0 Å². The quantitative estimate of drug-likeness (QED) is 0.798. The monoisotopic (exact) mass is 271 g/mol. The van der Waals surface area contributed by atoms with Crippen LogP contribution in [0.5, 0.6) is 0 Å². The first-order chi connectivity index (χ1) is 8.48. The molecule has 2 rings (SSSR count). The number of hydrogen-bond donors (Lipinski definition) is 0. The van der Waals surface area contributed by atoms with Crippen LogP contribution in [0.1, 0.15) is 20.8 Å². The fourth-order valence-electron chi connectivity index (χ4n) is 1.56. The Morgan fingerprint density at radius 1 is 1.28 bits per heavy atom. The predicted molar refractivity (Wildman–Crippen MR) is 61.6 cm³/mol. The number of alkyl halides is 3. The molecule has 0 saturated carbocycles. The Hall–Kier alpha value is -1.69. The van der Waals surface area contributed by atoms with E-state index in [0.717, 1.165) is 6.07 Å². The van der Waals surface area contributed by atoms with Crippen molar-refractivity contribution < 1.29 is 18.0 Å². The molecule has 2 aromatic rings. The number of carbonyl (C=O) groups is 1. The molecule has 0 atom stereocenters. The third-order valence-corrected chi connectivity index (χ3v) is 3.13. The lowest BCUT2D eigenvalue weighted by atomic mass is 10.0. The highest BCUT2D eigenvalue weighted by atomic mass is 32.1. The first-order valence-electron chi connectivity index (χ1n) is 5.05. The fourth-order valence-corrected chi connectivity index (χ4v) is 2.15. The molecule has 0 unspecified atom stereocenters. The highest BCUT2D eigenvalue weighted by Crippen LogP contribution is 2.32. The Bertz CT molecular complexity index is 549. The van der Waals surface area contributed by atoms with E-state index in [1.807, 2.05) is 0 Å². The predicted octanol–water partition coefficient (Wildman–Crippen LogP) is 3.59. The fraction of sp³-hybridized carbons (Fsp3) is 0.167. The maximum absolute atomic E-state index is 12.7. The van der Waals surface area contributed by atoms with E-state index in [0.29, 0.717) is 4.88 Å². The molecule has 0 saturated heterocycles. The average molecular weight is 271 g/mol. The lowest BCUT2D eigenvalue weighted by Gasteiger charge is -2.11. The van der Waals surface area contributed by atoms with Gasteiger partial charge in [-0.1, -0.05) is 18.2 Å². The van der Waals surface area contributed by atoms with Gasteiger partial charge >= 0.3 is 6.18 Å². The summed E-state index contributed by atoms with van der Waals surface area (Å²) in [4.78, 5) is 16.3. The smallest absolute Gasteiger partial charge is 0.294 e. The maximum Gasteiger partial charge on any atom is 0.417 e. The van der Waals surface area contributed by atoms with Gasteiger partial charge in [-0.25, -0.2) is 0 Å². The highest BCUT2D eigenvalue weighted by Gasteiger charge is 2.34. The van der Waals surface area contributed by atoms with Crippen molar-refractivity contribution in [3.8, 4) is 0 Å². The molecule has 0 radical (unpaired) electrons. The van der Waals surface area contributed by atoms with E-state index in [1.165, 1.54) is 41.2 Å². The van der Waals surface area contributed by atoms with E-state index >= 15 is 0 Å². The zero-order chi connectivity index (χ0) is 13.2. The summed E-state index contributed by atoms with van der Waals surface area (Å²) < 4.78 is 38.2. The van der Waals surface area contributed by atoms with Gasteiger partial charge in [-0.15, -0.1) is 11.3 Å². The second-order valence-electron chi connectivity index (χ2n) is 3.61. The summed E-state index contributed by atoms with van der Waals surface area (Å²) in [6, 6.07) is 4.81. The molecular formula is C12H8F3NOS. The minimum atomic E-state index is -4.51. The topological polar surface area (TPSA) is 30.0 Å². The number of benzene rings is 1. The highest BCUT2D eigenvalue weighted by molar-refractivity contribution is 7.09. The molecule has 0 fully saturated rings. The molecule has 1 heterocycles. The van der Waals surface area contributed by atoms with E-state index in [1.54, 1.807) is 0 Å². The van der Waals surface area contributed by atoms with E-state index in [2.05, 4.69) is 4.98 Å². The summed E-state index contributed by atoms with van der Waals surface area (Å²) >= 11 is 1.25. The molecule has 0 aliphatic heterocycles. The van der Waals surface area contributed by atoms with Crippen LogP contribution in [0.2, 0.25) is 0 Å². The number of nitrogens with zero attached hydrogens (tertiary/aromatic N) is 1. The van der Waals surface area contributed by atoms with Gasteiger partial charge in [0.1, 0.15) is 0 Å². The Labute approximate surface area is 105 Å². The number of ketones is 1. The third kappa shape index (κ3) is 2.76. The zero-order valence-electron chi connectivity index (χ0n) is 9.07. The molecule has 1 aromatic carbocycles. The summed E-state index contributed by atoms with van der Waals surface area (Å²) in [6.45, 7) is 0. The molecule has 1 aromatic heterocycles. The Morgan fingerprint density at radius 2 is 2.00 bits per heavy atom.